The average molecular weight is 197 g/mol. The summed E-state index contributed by atoms with van der Waals surface area (Å²) in [6.07, 6.45) is 0. The first-order valence-corrected chi connectivity index (χ1v) is 3.76. The van der Waals surface area contributed by atoms with Crippen molar-refractivity contribution in [2.45, 2.75) is 6.92 Å². The molecule has 1 N–H and O–H groups in total. The van der Waals surface area contributed by atoms with E-state index in [-0.39, 0.29) is 11.3 Å². The zero-order valence-electron chi connectivity index (χ0n) is 7.45. The molecule has 0 aliphatic heterocycles. The zero-order chi connectivity index (χ0) is 10.9. The molecule has 1 aromatic carbocycles. The van der Waals surface area contributed by atoms with Gasteiger partial charge in [0, 0.05) is 5.56 Å². The minimum absolute atomic E-state index is 0.174. The first-order valence-electron chi connectivity index (χ1n) is 3.76. The monoisotopic (exact) mass is 197 g/mol. The molecule has 74 valence electrons. The van der Waals surface area contributed by atoms with Crippen molar-refractivity contribution in [1.29, 1.82) is 0 Å². The fourth-order valence-electron chi connectivity index (χ4n) is 1.03. The van der Waals surface area contributed by atoms with Gasteiger partial charge in [0.25, 0.3) is 0 Å². The van der Waals surface area contributed by atoms with Crippen molar-refractivity contribution in [3.05, 3.63) is 40.2 Å². The Labute approximate surface area is 79.4 Å². The van der Waals surface area contributed by atoms with Crippen molar-refractivity contribution in [3.8, 4) is 5.75 Å². The van der Waals surface area contributed by atoms with Gasteiger partial charge in [0.15, 0.2) is 0 Å². The molecule has 1 rings (SSSR count). The first kappa shape index (κ1) is 10.2. The van der Waals surface area contributed by atoms with Crippen LogP contribution in [0.2, 0.25) is 0 Å². The van der Waals surface area contributed by atoms with Crippen LogP contribution in [0, 0.1) is 15.9 Å². The van der Waals surface area contributed by atoms with Crippen molar-refractivity contribution in [2.24, 2.45) is 0 Å². The number of phenols is 1. The third-order valence-electron chi connectivity index (χ3n) is 1.72. The SMILES string of the molecule is C=C(C)c1cc(F)c([N+](=O)[O-])cc1O. The van der Waals surface area contributed by atoms with Crippen molar-refractivity contribution < 1.29 is 14.4 Å². The molecule has 0 amide bonds. The smallest absolute Gasteiger partial charge is 0.308 e. The number of hydrogen-bond acceptors (Lipinski definition) is 3. The molecule has 4 nitrogen and oxygen atoms in total. The number of nitro benzene ring substituents is 1. The van der Waals surface area contributed by atoms with Gasteiger partial charge >= 0.3 is 5.69 Å². The van der Waals surface area contributed by atoms with E-state index in [9.17, 15) is 19.6 Å². The number of halogens is 1. The Morgan fingerprint density at radius 3 is 2.64 bits per heavy atom. The Balaban J connectivity index is 3.38. The maximum atomic E-state index is 13.0. The third-order valence-corrected chi connectivity index (χ3v) is 1.72. The van der Waals surface area contributed by atoms with Crippen LogP contribution < -0.4 is 0 Å². The summed E-state index contributed by atoms with van der Waals surface area (Å²) in [6, 6.07) is 1.68. The summed E-state index contributed by atoms with van der Waals surface area (Å²) in [5.41, 5.74) is -0.128. The highest BCUT2D eigenvalue weighted by Gasteiger charge is 2.17. The van der Waals surface area contributed by atoms with Crippen molar-refractivity contribution in [2.75, 3.05) is 0 Å². The topological polar surface area (TPSA) is 63.4 Å². The fraction of sp³-hybridized carbons (Fsp3) is 0.111. The molecule has 0 aromatic heterocycles. The second-order valence-corrected chi connectivity index (χ2v) is 2.86. The van der Waals surface area contributed by atoms with Gasteiger partial charge in [0.05, 0.1) is 11.0 Å². The first-order chi connectivity index (χ1) is 6.43. The Hall–Kier alpha value is -1.91. The Kier molecular flexibility index (Phi) is 2.51. The Morgan fingerprint density at radius 1 is 1.64 bits per heavy atom. The highest BCUT2D eigenvalue weighted by Crippen LogP contribution is 2.30. The second kappa shape index (κ2) is 3.45. The van der Waals surface area contributed by atoms with Crippen molar-refractivity contribution in [1.82, 2.24) is 0 Å². The Morgan fingerprint density at radius 2 is 2.21 bits per heavy atom. The van der Waals surface area contributed by atoms with E-state index in [0.29, 0.717) is 5.57 Å². The number of nitro groups is 1. The summed E-state index contributed by atoms with van der Waals surface area (Å²) in [7, 11) is 0. The van der Waals surface area contributed by atoms with Crippen LogP contribution in [0.4, 0.5) is 10.1 Å². The minimum atomic E-state index is -0.981. The molecule has 0 saturated heterocycles. The maximum absolute atomic E-state index is 13.0. The van der Waals surface area contributed by atoms with Gasteiger partial charge in [0.2, 0.25) is 5.82 Å². The summed E-state index contributed by atoms with van der Waals surface area (Å²) in [5, 5.41) is 19.6. The lowest BCUT2D eigenvalue weighted by Gasteiger charge is -2.03. The molecule has 0 aliphatic rings. The molecule has 0 saturated carbocycles. The van der Waals surface area contributed by atoms with Crippen LogP contribution in [-0.4, -0.2) is 10.0 Å². The second-order valence-electron chi connectivity index (χ2n) is 2.86. The summed E-state index contributed by atoms with van der Waals surface area (Å²) in [5.74, 6) is -1.32. The van der Waals surface area contributed by atoms with Crippen LogP contribution >= 0.6 is 0 Å². The van der Waals surface area contributed by atoms with E-state index in [0.717, 1.165) is 12.1 Å². The summed E-state index contributed by atoms with van der Waals surface area (Å²) >= 11 is 0. The number of benzene rings is 1. The van der Waals surface area contributed by atoms with Crippen molar-refractivity contribution >= 4 is 11.3 Å². The third kappa shape index (κ3) is 1.71. The molecule has 0 atom stereocenters. The van der Waals surface area contributed by atoms with Gasteiger partial charge in [-0.15, -0.1) is 0 Å². The Bertz CT molecular complexity index is 375. The molecule has 0 radical (unpaired) electrons. The predicted molar refractivity (Wildman–Crippen MR) is 49.4 cm³/mol. The molecule has 0 fully saturated rings. The molecule has 14 heavy (non-hydrogen) atoms. The highest BCUT2D eigenvalue weighted by atomic mass is 19.1. The molecular weight excluding hydrogens is 189 g/mol. The van der Waals surface area contributed by atoms with E-state index < -0.39 is 16.4 Å². The van der Waals surface area contributed by atoms with E-state index in [2.05, 4.69) is 6.58 Å². The van der Waals surface area contributed by atoms with Gasteiger partial charge in [-0.05, 0) is 18.6 Å². The van der Waals surface area contributed by atoms with Crippen LogP contribution in [0.5, 0.6) is 5.75 Å². The summed E-state index contributed by atoms with van der Waals surface area (Å²) in [6.45, 7) is 5.08. The quantitative estimate of drug-likeness (QED) is 0.585. The van der Waals surface area contributed by atoms with Crippen LogP contribution in [0.15, 0.2) is 18.7 Å². The van der Waals surface area contributed by atoms with Gasteiger partial charge in [0.1, 0.15) is 5.75 Å². The molecule has 0 spiro atoms. The molecule has 0 unspecified atom stereocenters. The number of allylic oxidation sites excluding steroid dienone is 1. The average Bonchev–Trinajstić information content (AvgIpc) is 2.07. The van der Waals surface area contributed by atoms with E-state index in [1.807, 2.05) is 0 Å². The van der Waals surface area contributed by atoms with E-state index in [1.165, 1.54) is 0 Å². The van der Waals surface area contributed by atoms with E-state index >= 15 is 0 Å². The maximum Gasteiger partial charge on any atom is 0.308 e. The largest absolute Gasteiger partial charge is 0.507 e. The van der Waals surface area contributed by atoms with E-state index in [1.54, 1.807) is 6.92 Å². The zero-order valence-corrected chi connectivity index (χ0v) is 7.45. The lowest BCUT2D eigenvalue weighted by molar-refractivity contribution is -0.387. The van der Waals surface area contributed by atoms with Gasteiger partial charge in [-0.3, -0.25) is 10.1 Å². The lowest BCUT2D eigenvalue weighted by atomic mass is 10.1. The number of phenolic OH excluding ortho intramolecular Hbond substituents is 1. The predicted octanol–water partition coefficient (Wildman–Crippen LogP) is 2.47. The van der Waals surface area contributed by atoms with Gasteiger partial charge < -0.3 is 5.11 Å². The molecule has 0 bridgehead atoms. The number of nitrogens with zero attached hydrogens (tertiary/aromatic N) is 1. The van der Waals surface area contributed by atoms with Gasteiger partial charge in [-0.25, -0.2) is 0 Å². The summed E-state index contributed by atoms with van der Waals surface area (Å²) in [4.78, 5) is 9.40. The van der Waals surface area contributed by atoms with E-state index in [4.69, 9.17) is 0 Å². The number of hydrogen-bond donors (Lipinski definition) is 1. The fourth-order valence-corrected chi connectivity index (χ4v) is 1.03. The van der Waals surface area contributed by atoms with Crippen LogP contribution in [0.1, 0.15) is 12.5 Å². The normalized spacial score (nSPS) is 9.86. The standard InChI is InChI=1S/C9H8FNO3/c1-5(2)6-3-7(10)8(11(13)14)4-9(6)12/h3-4,12H,1H2,2H3. The minimum Gasteiger partial charge on any atom is -0.507 e. The van der Waals surface area contributed by atoms with Gasteiger partial charge in [-0.2, -0.15) is 4.39 Å². The van der Waals surface area contributed by atoms with Crippen molar-refractivity contribution in [3.63, 3.8) is 0 Å². The number of rotatable bonds is 2. The number of aromatic hydroxyl groups is 1. The summed E-state index contributed by atoms with van der Waals surface area (Å²) < 4.78 is 13.0. The molecule has 0 heterocycles. The molecule has 5 heteroatoms. The van der Waals surface area contributed by atoms with Crippen LogP contribution in [0.25, 0.3) is 5.57 Å². The van der Waals surface area contributed by atoms with Crippen LogP contribution in [0.3, 0.4) is 0 Å². The lowest BCUT2D eigenvalue weighted by Crippen LogP contribution is -1.94. The van der Waals surface area contributed by atoms with Crippen LogP contribution in [-0.2, 0) is 0 Å². The van der Waals surface area contributed by atoms with Gasteiger partial charge in [-0.1, -0.05) is 6.58 Å². The highest BCUT2D eigenvalue weighted by molar-refractivity contribution is 5.68. The molecule has 1 aromatic rings. The molecule has 0 aliphatic carbocycles. The molecular formula is C9H8FNO3.